The van der Waals surface area contributed by atoms with Crippen molar-refractivity contribution in [2.45, 2.75) is 18.7 Å². The van der Waals surface area contributed by atoms with Crippen LogP contribution in [0.3, 0.4) is 0 Å². The lowest BCUT2D eigenvalue weighted by atomic mass is 10.2. The molecule has 2 aromatic rings. The highest BCUT2D eigenvalue weighted by Crippen LogP contribution is 2.23. The van der Waals surface area contributed by atoms with E-state index in [0.717, 1.165) is 6.20 Å². The Bertz CT molecular complexity index is 747. The van der Waals surface area contributed by atoms with Gasteiger partial charge in [0.05, 0.1) is 17.4 Å². The number of hydrogen-bond acceptors (Lipinski definition) is 6. The fourth-order valence-corrected chi connectivity index (χ4v) is 3.11. The number of anilines is 1. The summed E-state index contributed by atoms with van der Waals surface area (Å²) in [6.45, 7) is 2.93. The number of carbonyl (C=O) groups is 1. The van der Waals surface area contributed by atoms with E-state index in [0.29, 0.717) is 0 Å². The van der Waals surface area contributed by atoms with E-state index in [1.807, 2.05) is 0 Å². The zero-order valence-electron chi connectivity index (χ0n) is 10.6. The van der Waals surface area contributed by atoms with Gasteiger partial charge in [-0.05, 0) is 19.9 Å². The first kappa shape index (κ1) is 14.0. The molecular weight excluding hydrogens is 286 g/mol. The Morgan fingerprint density at radius 3 is 2.65 bits per heavy atom. The highest BCUT2D eigenvalue weighted by molar-refractivity contribution is 7.92. The number of nitrogens with one attached hydrogen (secondary N) is 1. The van der Waals surface area contributed by atoms with E-state index < -0.39 is 16.0 Å². The van der Waals surface area contributed by atoms with Gasteiger partial charge in [0.15, 0.2) is 10.7 Å². The fraction of sp³-hybridized carbons (Fsp3) is 0.182. The van der Waals surface area contributed by atoms with Gasteiger partial charge in [0.1, 0.15) is 5.69 Å². The SMILES string of the molecule is Cc1noc(C)c1S(=O)(=O)Nc1cnccc1C(=O)O. The molecule has 106 valence electrons. The summed E-state index contributed by atoms with van der Waals surface area (Å²) in [6, 6.07) is 1.20. The van der Waals surface area contributed by atoms with Gasteiger partial charge in [-0.2, -0.15) is 0 Å². The molecule has 0 aromatic carbocycles. The van der Waals surface area contributed by atoms with Crippen LogP contribution in [0.1, 0.15) is 21.8 Å². The first-order valence-electron chi connectivity index (χ1n) is 5.46. The van der Waals surface area contributed by atoms with Gasteiger partial charge in [-0.15, -0.1) is 0 Å². The number of carboxylic acids is 1. The molecule has 0 spiro atoms. The minimum atomic E-state index is -4.00. The Morgan fingerprint density at radius 1 is 1.40 bits per heavy atom. The molecule has 0 fully saturated rings. The van der Waals surface area contributed by atoms with Crippen molar-refractivity contribution in [2.24, 2.45) is 0 Å². The fourth-order valence-electron chi connectivity index (χ4n) is 1.72. The second-order valence-corrected chi connectivity index (χ2v) is 5.60. The average Bonchev–Trinajstić information content (AvgIpc) is 2.69. The number of nitrogens with zero attached hydrogens (tertiary/aromatic N) is 2. The summed E-state index contributed by atoms with van der Waals surface area (Å²) >= 11 is 0. The topological polar surface area (TPSA) is 122 Å². The molecule has 0 saturated heterocycles. The molecule has 2 aromatic heterocycles. The minimum Gasteiger partial charge on any atom is -0.478 e. The molecule has 8 nitrogen and oxygen atoms in total. The number of pyridine rings is 1. The van der Waals surface area contributed by atoms with Crippen LogP contribution in [-0.4, -0.2) is 29.6 Å². The highest BCUT2D eigenvalue weighted by atomic mass is 32.2. The molecule has 9 heteroatoms. The van der Waals surface area contributed by atoms with E-state index >= 15 is 0 Å². The molecule has 2 heterocycles. The molecule has 2 rings (SSSR count). The summed E-state index contributed by atoms with van der Waals surface area (Å²) in [7, 11) is -4.00. The molecule has 0 unspecified atom stereocenters. The van der Waals surface area contributed by atoms with Gasteiger partial charge >= 0.3 is 5.97 Å². The zero-order chi connectivity index (χ0) is 14.9. The van der Waals surface area contributed by atoms with E-state index in [-0.39, 0.29) is 27.6 Å². The number of hydrogen-bond donors (Lipinski definition) is 2. The number of aromatic nitrogens is 2. The average molecular weight is 297 g/mol. The van der Waals surface area contributed by atoms with Crippen molar-refractivity contribution in [1.82, 2.24) is 10.1 Å². The third-order valence-electron chi connectivity index (χ3n) is 2.53. The number of sulfonamides is 1. The molecule has 0 aliphatic carbocycles. The van der Waals surface area contributed by atoms with Gasteiger partial charge < -0.3 is 9.63 Å². The second kappa shape index (κ2) is 4.93. The van der Waals surface area contributed by atoms with Crippen molar-refractivity contribution in [1.29, 1.82) is 0 Å². The first-order chi connectivity index (χ1) is 9.33. The van der Waals surface area contributed by atoms with Crippen LogP contribution in [0, 0.1) is 13.8 Å². The summed E-state index contributed by atoms with van der Waals surface area (Å²) in [4.78, 5) is 14.6. The molecule has 20 heavy (non-hydrogen) atoms. The lowest BCUT2D eigenvalue weighted by molar-refractivity contribution is 0.0698. The van der Waals surface area contributed by atoms with Crippen molar-refractivity contribution < 1.29 is 22.8 Å². The third kappa shape index (κ3) is 2.48. The Labute approximate surface area is 114 Å². The van der Waals surface area contributed by atoms with Gasteiger partial charge in [0.2, 0.25) is 0 Å². The lowest BCUT2D eigenvalue weighted by Crippen LogP contribution is -2.17. The van der Waals surface area contributed by atoms with E-state index in [1.165, 1.54) is 26.1 Å². The Kier molecular flexibility index (Phi) is 3.45. The van der Waals surface area contributed by atoms with Gasteiger partial charge in [-0.25, -0.2) is 13.2 Å². The second-order valence-electron chi connectivity index (χ2n) is 3.99. The molecule has 0 atom stereocenters. The predicted octanol–water partition coefficient (Wildman–Crippen LogP) is 1.19. The van der Waals surface area contributed by atoms with Crippen molar-refractivity contribution in [2.75, 3.05) is 4.72 Å². The molecule has 0 bridgehead atoms. The maximum absolute atomic E-state index is 12.2. The summed E-state index contributed by atoms with van der Waals surface area (Å²) in [5, 5.41) is 12.6. The van der Waals surface area contributed by atoms with Gasteiger partial charge in [0.25, 0.3) is 10.0 Å². The summed E-state index contributed by atoms with van der Waals surface area (Å²) in [6.07, 6.45) is 2.39. The normalized spacial score (nSPS) is 11.3. The molecular formula is C11H11N3O5S. The molecule has 0 radical (unpaired) electrons. The molecule has 0 aliphatic rings. The standard InChI is InChI=1S/C11H11N3O5S/c1-6-10(7(2)19-13-6)20(17,18)14-9-5-12-4-3-8(9)11(15)16/h3-5,14H,1-2H3,(H,15,16). The first-order valence-corrected chi connectivity index (χ1v) is 6.94. The molecule has 0 amide bonds. The molecule has 2 N–H and O–H groups in total. The molecule has 0 saturated carbocycles. The minimum absolute atomic E-state index is 0.113. The zero-order valence-corrected chi connectivity index (χ0v) is 11.4. The van der Waals surface area contributed by atoms with Crippen LogP contribution in [0.5, 0.6) is 0 Å². The van der Waals surface area contributed by atoms with Crippen LogP contribution in [-0.2, 0) is 10.0 Å². The van der Waals surface area contributed by atoms with Gasteiger partial charge in [-0.1, -0.05) is 5.16 Å². The maximum Gasteiger partial charge on any atom is 0.337 e. The van der Waals surface area contributed by atoms with E-state index in [2.05, 4.69) is 14.9 Å². The lowest BCUT2D eigenvalue weighted by Gasteiger charge is -2.09. The van der Waals surface area contributed by atoms with Crippen molar-refractivity contribution >= 4 is 21.7 Å². The van der Waals surface area contributed by atoms with E-state index in [9.17, 15) is 13.2 Å². The van der Waals surface area contributed by atoms with Crippen LogP contribution in [0.25, 0.3) is 0 Å². The largest absolute Gasteiger partial charge is 0.478 e. The van der Waals surface area contributed by atoms with Gasteiger partial charge in [-0.3, -0.25) is 9.71 Å². The number of aromatic carboxylic acids is 1. The summed E-state index contributed by atoms with van der Waals surface area (Å²) in [5.41, 5.74) is -0.133. The van der Waals surface area contributed by atoms with Crippen LogP contribution in [0.2, 0.25) is 0 Å². The maximum atomic E-state index is 12.2. The Balaban J connectivity index is 2.47. The van der Waals surface area contributed by atoms with Crippen molar-refractivity contribution in [3.8, 4) is 0 Å². The Morgan fingerprint density at radius 2 is 2.10 bits per heavy atom. The van der Waals surface area contributed by atoms with Gasteiger partial charge in [0, 0.05) is 6.20 Å². The van der Waals surface area contributed by atoms with Crippen LogP contribution in [0.15, 0.2) is 27.9 Å². The molecule has 0 aliphatic heterocycles. The van der Waals surface area contributed by atoms with Crippen LogP contribution >= 0.6 is 0 Å². The predicted molar refractivity (Wildman–Crippen MR) is 68.0 cm³/mol. The number of rotatable bonds is 4. The smallest absolute Gasteiger partial charge is 0.337 e. The van der Waals surface area contributed by atoms with Crippen LogP contribution in [0.4, 0.5) is 5.69 Å². The van der Waals surface area contributed by atoms with Crippen LogP contribution < -0.4 is 4.72 Å². The number of aryl methyl sites for hydroxylation is 2. The van der Waals surface area contributed by atoms with E-state index in [4.69, 9.17) is 9.63 Å². The Hall–Kier alpha value is -2.42. The van der Waals surface area contributed by atoms with E-state index in [1.54, 1.807) is 0 Å². The quantitative estimate of drug-likeness (QED) is 0.868. The van der Waals surface area contributed by atoms with Crippen molar-refractivity contribution in [3.63, 3.8) is 0 Å². The van der Waals surface area contributed by atoms with Crippen molar-refractivity contribution in [3.05, 3.63) is 35.5 Å². The summed E-state index contributed by atoms with van der Waals surface area (Å²) < 4.78 is 31.5. The summed E-state index contributed by atoms with van der Waals surface area (Å²) in [5.74, 6) is -1.14. The highest BCUT2D eigenvalue weighted by Gasteiger charge is 2.25. The monoisotopic (exact) mass is 297 g/mol. The third-order valence-corrected chi connectivity index (χ3v) is 4.14. The number of carboxylic acid groups (broad SMARTS) is 1.